The minimum absolute atomic E-state index is 0.376. The molecular formula is C12H15NO2S. The number of aromatic nitrogens is 1. The number of nitrogens with one attached hydrogen (secondary N) is 1. The van der Waals surface area contributed by atoms with E-state index in [4.69, 9.17) is 0 Å². The van der Waals surface area contributed by atoms with Crippen molar-refractivity contribution in [3.05, 3.63) is 30.0 Å². The van der Waals surface area contributed by atoms with Crippen molar-refractivity contribution in [2.45, 2.75) is 24.7 Å². The van der Waals surface area contributed by atoms with E-state index >= 15 is 0 Å². The lowest BCUT2D eigenvalue weighted by atomic mass is 10.0. The van der Waals surface area contributed by atoms with Gasteiger partial charge in [-0.3, -0.25) is 0 Å². The number of H-pyrrole nitrogens is 1. The molecule has 0 spiro atoms. The standard InChI is InChI=1S/C12H15NO2S/c1-8(2)11-7-13-12-5-4-9(6-10(11)12)16(3,14)15/h4-8,13H,1-3H3. The first-order valence-corrected chi connectivity index (χ1v) is 7.10. The highest BCUT2D eigenvalue weighted by Gasteiger charge is 2.12. The summed E-state index contributed by atoms with van der Waals surface area (Å²) >= 11 is 0. The fourth-order valence-corrected chi connectivity index (χ4v) is 2.48. The van der Waals surface area contributed by atoms with Crippen molar-refractivity contribution in [1.82, 2.24) is 4.98 Å². The molecule has 0 unspecified atom stereocenters. The number of benzene rings is 1. The molecule has 4 heteroatoms. The summed E-state index contributed by atoms with van der Waals surface area (Å²) in [6.07, 6.45) is 3.18. The van der Waals surface area contributed by atoms with Crippen LogP contribution in [0.4, 0.5) is 0 Å². The molecule has 3 nitrogen and oxygen atoms in total. The molecule has 0 bridgehead atoms. The van der Waals surface area contributed by atoms with Crippen LogP contribution >= 0.6 is 0 Å². The lowest BCUT2D eigenvalue weighted by Gasteiger charge is -2.03. The lowest BCUT2D eigenvalue weighted by Crippen LogP contribution is -1.96. The Morgan fingerprint density at radius 3 is 2.50 bits per heavy atom. The predicted octanol–water partition coefficient (Wildman–Crippen LogP) is 2.69. The van der Waals surface area contributed by atoms with Gasteiger partial charge in [0, 0.05) is 23.4 Å². The van der Waals surface area contributed by atoms with Gasteiger partial charge in [0.05, 0.1) is 4.90 Å². The van der Waals surface area contributed by atoms with Crippen LogP contribution in [0.3, 0.4) is 0 Å². The molecule has 0 aliphatic heterocycles. The molecule has 16 heavy (non-hydrogen) atoms. The summed E-state index contributed by atoms with van der Waals surface area (Å²) in [5.74, 6) is 0.378. The maximum absolute atomic E-state index is 11.5. The van der Waals surface area contributed by atoms with E-state index in [2.05, 4.69) is 18.8 Å². The van der Waals surface area contributed by atoms with E-state index in [0.29, 0.717) is 10.8 Å². The van der Waals surface area contributed by atoms with E-state index in [1.165, 1.54) is 6.26 Å². The molecule has 1 N–H and O–H groups in total. The number of hydrogen-bond acceptors (Lipinski definition) is 2. The molecule has 0 aliphatic carbocycles. The van der Waals surface area contributed by atoms with Crippen LogP contribution in [0.2, 0.25) is 0 Å². The van der Waals surface area contributed by atoms with Gasteiger partial charge in [0.2, 0.25) is 0 Å². The predicted molar refractivity (Wildman–Crippen MR) is 65.5 cm³/mol. The van der Waals surface area contributed by atoms with Crippen LogP contribution in [-0.2, 0) is 9.84 Å². The molecule has 0 saturated heterocycles. The summed E-state index contributed by atoms with van der Waals surface area (Å²) < 4.78 is 22.9. The van der Waals surface area contributed by atoms with Crippen LogP contribution in [-0.4, -0.2) is 19.7 Å². The van der Waals surface area contributed by atoms with E-state index in [9.17, 15) is 8.42 Å². The Labute approximate surface area is 95.4 Å². The van der Waals surface area contributed by atoms with Crippen LogP contribution in [0.15, 0.2) is 29.3 Å². The van der Waals surface area contributed by atoms with E-state index in [-0.39, 0.29) is 0 Å². The summed E-state index contributed by atoms with van der Waals surface area (Å²) in [6, 6.07) is 5.20. The van der Waals surface area contributed by atoms with Crippen LogP contribution in [0.25, 0.3) is 10.9 Å². The van der Waals surface area contributed by atoms with Gasteiger partial charge in [0.1, 0.15) is 0 Å². The maximum Gasteiger partial charge on any atom is 0.175 e. The van der Waals surface area contributed by atoms with Crippen LogP contribution in [0.1, 0.15) is 25.3 Å². The summed E-state index contributed by atoms with van der Waals surface area (Å²) in [4.78, 5) is 3.53. The van der Waals surface area contributed by atoms with Gasteiger partial charge in [-0.2, -0.15) is 0 Å². The zero-order valence-corrected chi connectivity index (χ0v) is 10.4. The molecule has 0 radical (unpaired) electrons. The van der Waals surface area contributed by atoms with E-state index in [0.717, 1.165) is 16.5 Å². The van der Waals surface area contributed by atoms with Gasteiger partial charge < -0.3 is 4.98 Å². The molecule has 2 rings (SSSR count). The molecule has 1 heterocycles. The second-order valence-electron chi connectivity index (χ2n) is 4.38. The Hall–Kier alpha value is -1.29. The Morgan fingerprint density at radius 2 is 1.94 bits per heavy atom. The normalized spacial score (nSPS) is 12.5. The maximum atomic E-state index is 11.5. The second-order valence-corrected chi connectivity index (χ2v) is 6.39. The molecule has 1 aromatic heterocycles. The van der Waals surface area contributed by atoms with Gasteiger partial charge in [-0.25, -0.2) is 8.42 Å². The first-order chi connectivity index (χ1) is 7.39. The van der Waals surface area contributed by atoms with Crippen molar-refractivity contribution in [1.29, 1.82) is 0 Å². The second kappa shape index (κ2) is 3.63. The SMILES string of the molecule is CC(C)c1c[nH]c2ccc(S(C)(=O)=O)cc12. The summed E-state index contributed by atoms with van der Waals surface area (Å²) in [6.45, 7) is 4.19. The number of fused-ring (bicyclic) bond motifs is 1. The molecule has 0 saturated carbocycles. The van der Waals surface area contributed by atoms with Gasteiger partial charge in [-0.15, -0.1) is 0 Å². The summed E-state index contributed by atoms with van der Waals surface area (Å²) in [5.41, 5.74) is 2.14. The fourth-order valence-electron chi connectivity index (χ4n) is 1.83. The Bertz CT molecular complexity index is 624. The van der Waals surface area contributed by atoms with E-state index in [1.807, 2.05) is 12.3 Å². The van der Waals surface area contributed by atoms with Crippen molar-refractivity contribution < 1.29 is 8.42 Å². The van der Waals surface area contributed by atoms with Crippen LogP contribution < -0.4 is 0 Å². The summed E-state index contributed by atoms with van der Waals surface area (Å²) in [7, 11) is -3.13. The van der Waals surface area contributed by atoms with Gasteiger partial charge in [0.25, 0.3) is 0 Å². The molecule has 86 valence electrons. The van der Waals surface area contributed by atoms with Gasteiger partial charge in [0.15, 0.2) is 9.84 Å². The van der Waals surface area contributed by atoms with Crippen molar-refractivity contribution in [3.8, 4) is 0 Å². The minimum atomic E-state index is -3.13. The van der Waals surface area contributed by atoms with Gasteiger partial charge >= 0.3 is 0 Å². The van der Waals surface area contributed by atoms with Gasteiger partial charge in [-0.1, -0.05) is 13.8 Å². The Balaban J connectivity index is 2.73. The number of hydrogen-bond donors (Lipinski definition) is 1. The summed E-state index contributed by atoms with van der Waals surface area (Å²) in [5, 5.41) is 0.998. The number of rotatable bonds is 2. The first-order valence-electron chi connectivity index (χ1n) is 5.20. The van der Waals surface area contributed by atoms with Crippen molar-refractivity contribution in [2.75, 3.05) is 6.26 Å². The number of sulfone groups is 1. The zero-order valence-electron chi connectivity index (χ0n) is 9.61. The van der Waals surface area contributed by atoms with Gasteiger partial charge in [-0.05, 0) is 29.7 Å². The highest BCUT2D eigenvalue weighted by Crippen LogP contribution is 2.27. The highest BCUT2D eigenvalue weighted by atomic mass is 32.2. The molecule has 0 amide bonds. The largest absolute Gasteiger partial charge is 0.361 e. The third kappa shape index (κ3) is 1.85. The van der Waals surface area contributed by atoms with Crippen LogP contribution in [0.5, 0.6) is 0 Å². The zero-order chi connectivity index (χ0) is 11.9. The minimum Gasteiger partial charge on any atom is -0.361 e. The lowest BCUT2D eigenvalue weighted by molar-refractivity contribution is 0.602. The average molecular weight is 237 g/mol. The van der Waals surface area contributed by atoms with E-state index in [1.54, 1.807) is 12.1 Å². The van der Waals surface area contributed by atoms with Crippen molar-refractivity contribution in [2.24, 2.45) is 0 Å². The van der Waals surface area contributed by atoms with E-state index < -0.39 is 9.84 Å². The third-order valence-corrected chi connectivity index (χ3v) is 3.85. The van der Waals surface area contributed by atoms with Crippen LogP contribution in [0, 0.1) is 0 Å². The molecular weight excluding hydrogens is 222 g/mol. The monoisotopic (exact) mass is 237 g/mol. The highest BCUT2D eigenvalue weighted by molar-refractivity contribution is 7.90. The van der Waals surface area contributed by atoms with Crippen molar-refractivity contribution in [3.63, 3.8) is 0 Å². The first kappa shape index (κ1) is 11.2. The quantitative estimate of drug-likeness (QED) is 0.873. The molecule has 1 aromatic carbocycles. The molecule has 0 aliphatic rings. The number of aromatic amines is 1. The van der Waals surface area contributed by atoms with Crippen molar-refractivity contribution >= 4 is 20.7 Å². The topological polar surface area (TPSA) is 49.9 Å². The Morgan fingerprint density at radius 1 is 1.25 bits per heavy atom. The Kier molecular flexibility index (Phi) is 2.54. The third-order valence-electron chi connectivity index (χ3n) is 2.74. The smallest absolute Gasteiger partial charge is 0.175 e. The molecule has 2 aromatic rings. The average Bonchev–Trinajstić information content (AvgIpc) is 2.58. The fraction of sp³-hybridized carbons (Fsp3) is 0.333. The molecule has 0 atom stereocenters. The molecule has 0 fully saturated rings.